The van der Waals surface area contributed by atoms with Crippen molar-refractivity contribution in [2.75, 3.05) is 13.1 Å². The molecule has 1 saturated heterocycles. The number of piperidine rings is 1. The van der Waals surface area contributed by atoms with Gasteiger partial charge >= 0.3 is 6.09 Å². The Bertz CT molecular complexity index is 1600. The number of H-pyrrole nitrogens is 1. The number of ether oxygens (including phenoxy) is 1. The van der Waals surface area contributed by atoms with Crippen molar-refractivity contribution < 1.29 is 17.9 Å². The molecule has 0 bridgehead atoms. The van der Waals surface area contributed by atoms with Gasteiger partial charge in [0.15, 0.2) is 5.03 Å². The lowest BCUT2D eigenvalue weighted by Gasteiger charge is -2.34. The van der Waals surface area contributed by atoms with Gasteiger partial charge in [0.1, 0.15) is 22.8 Å². The molecule has 4 heterocycles. The van der Waals surface area contributed by atoms with Gasteiger partial charge in [-0.25, -0.2) is 23.2 Å². The number of aromatic nitrogens is 4. The highest BCUT2D eigenvalue weighted by Crippen LogP contribution is 2.36. The van der Waals surface area contributed by atoms with Crippen LogP contribution in [-0.4, -0.2) is 57.6 Å². The maximum atomic E-state index is 13.6. The van der Waals surface area contributed by atoms with E-state index in [0.717, 1.165) is 0 Å². The number of sulfone groups is 1. The molecule has 1 N–H and O–H groups in total. The predicted molar refractivity (Wildman–Crippen MR) is 132 cm³/mol. The Morgan fingerprint density at radius 3 is 2.47 bits per heavy atom. The van der Waals surface area contributed by atoms with Crippen LogP contribution in [0.1, 0.15) is 45.5 Å². The van der Waals surface area contributed by atoms with E-state index < -0.39 is 15.4 Å². The summed E-state index contributed by atoms with van der Waals surface area (Å²) in [5, 5.41) is 10.4. The van der Waals surface area contributed by atoms with Gasteiger partial charge in [-0.05, 0) is 51.8 Å². The van der Waals surface area contributed by atoms with Crippen LogP contribution in [0.25, 0.3) is 22.1 Å². The Hall–Kier alpha value is -3.91. The van der Waals surface area contributed by atoms with Gasteiger partial charge in [0.25, 0.3) is 0 Å². The van der Waals surface area contributed by atoms with Gasteiger partial charge < -0.3 is 19.2 Å². The number of hydrogen-bond donors (Lipinski definition) is 1. The number of carbonyl (C=O) groups excluding carboxylic acids is 1. The van der Waals surface area contributed by atoms with E-state index >= 15 is 0 Å². The first-order valence-corrected chi connectivity index (χ1v) is 13.2. The molecule has 186 valence electrons. The molecular weight excluding hydrogens is 480 g/mol. The van der Waals surface area contributed by atoms with Crippen LogP contribution in [0.3, 0.4) is 0 Å². The minimum absolute atomic E-state index is 0.100. The van der Waals surface area contributed by atoms with Crippen LogP contribution in [-0.2, 0) is 14.6 Å². The van der Waals surface area contributed by atoms with E-state index in [1.54, 1.807) is 35.4 Å². The first-order chi connectivity index (χ1) is 17.1. The summed E-state index contributed by atoms with van der Waals surface area (Å²) in [7, 11) is -4.00. The highest BCUT2D eigenvalue weighted by Gasteiger charge is 2.33. The molecule has 0 radical (unpaired) electrons. The van der Waals surface area contributed by atoms with Crippen LogP contribution in [0.15, 0.2) is 52.5 Å². The van der Waals surface area contributed by atoms with E-state index in [-0.39, 0.29) is 33.4 Å². The predicted octanol–water partition coefficient (Wildman–Crippen LogP) is 4.19. The van der Waals surface area contributed by atoms with E-state index in [9.17, 15) is 18.5 Å². The summed E-state index contributed by atoms with van der Waals surface area (Å²) in [5.41, 5.74) is 0.518. The minimum atomic E-state index is -4.00. The zero-order chi connectivity index (χ0) is 25.7. The zero-order valence-electron chi connectivity index (χ0n) is 20.2. The number of pyridine rings is 1. The Kier molecular flexibility index (Phi) is 5.71. The third-order valence-corrected chi connectivity index (χ3v) is 7.88. The summed E-state index contributed by atoms with van der Waals surface area (Å²) < 4.78 is 34.4. The fourth-order valence-electron chi connectivity index (χ4n) is 4.60. The standard InChI is InChI=1S/C25H26N6O4S/c1-25(2,3)35-24(32)30-13-10-16(11-14-30)31-19(15-26)28-20-21(31)18-9-12-27-22(18)29-23(20)36(33,34)17-7-5-4-6-8-17/h4-9,12,16H,10-11,13-14H2,1-3H3,(H,27,29). The lowest BCUT2D eigenvalue weighted by atomic mass is 10.0. The molecule has 5 rings (SSSR count). The number of nitrogens with one attached hydrogen (secondary N) is 1. The largest absolute Gasteiger partial charge is 0.444 e. The first-order valence-electron chi connectivity index (χ1n) is 11.7. The highest BCUT2D eigenvalue weighted by molar-refractivity contribution is 7.91. The van der Waals surface area contributed by atoms with Gasteiger partial charge in [-0.3, -0.25) is 0 Å². The van der Waals surface area contributed by atoms with Crippen molar-refractivity contribution in [2.45, 2.75) is 55.2 Å². The number of hydrogen-bond acceptors (Lipinski definition) is 7. The van der Waals surface area contributed by atoms with Gasteiger partial charge in [-0.1, -0.05) is 18.2 Å². The second-order valence-electron chi connectivity index (χ2n) is 9.79. The summed E-state index contributed by atoms with van der Waals surface area (Å²) in [5.74, 6) is 0.112. The smallest absolute Gasteiger partial charge is 0.410 e. The Morgan fingerprint density at radius 2 is 1.83 bits per heavy atom. The molecule has 0 spiro atoms. The van der Waals surface area contributed by atoms with E-state index in [4.69, 9.17) is 4.74 Å². The molecule has 10 nitrogen and oxygen atoms in total. The maximum Gasteiger partial charge on any atom is 0.410 e. The first kappa shape index (κ1) is 23.8. The second kappa shape index (κ2) is 8.64. The summed E-state index contributed by atoms with van der Waals surface area (Å²) in [6.07, 6.45) is 2.44. The number of nitrogens with zero attached hydrogens (tertiary/aromatic N) is 5. The summed E-state index contributed by atoms with van der Waals surface area (Å²) in [6, 6.07) is 11.8. The SMILES string of the molecule is CC(C)(C)OC(=O)N1CCC(n2c(C#N)nc3c(S(=O)(=O)c4ccccc4)nc4[nH]ccc4c32)CC1. The molecule has 1 amide bonds. The number of amides is 1. The van der Waals surface area contributed by atoms with Gasteiger partial charge in [0.05, 0.1) is 10.4 Å². The number of rotatable bonds is 3. The van der Waals surface area contributed by atoms with Crippen LogP contribution in [0.2, 0.25) is 0 Å². The van der Waals surface area contributed by atoms with Crippen molar-refractivity contribution in [2.24, 2.45) is 0 Å². The van der Waals surface area contributed by atoms with Crippen LogP contribution in [0, 0.1) is 11.3 Å². The van der Waals surface area contributed by atoms with Gasteiger partial charge in [0, 0.05) is 30.7 Å². The fraction of sp³-hybridized carbons (Fsp3) is 0.360. The van der Waals surface area contributed by atoms with Crippen LogP contribution >= 0.6 is 0 Å². The quantitative estimate of drug-likeness (QED) is 0.440. The topological polar surface area (TPSA) is 134 Å². The van der Waals surface area contributed by atoms with Crippen LogP contribution in [0.4, 0.5) is 4.79 Å². The Labute approximate surface area is 208 Å². The number of carbonyl (C=O) groups is 1. The van der Waals surface area contributed by atoms with Crippen molar-refractivity contribution in [3.05, 3.63) is 48.4 Å². The molecule has 1 aliphatic rings. The normalized spacial score (nSPS) is 15.3. The van der Waals surface area contributed by atoms with Crippen molar-refractivity contribution in [3.8, 4) is 6.07 Å². The molecular formula is C25H26N6O4S. The fourth-order valence-corrected chi connectivity index (χ4v) is 5.95. The number of imidazole rings is 1. The Balaban J connectivity index is 1.60. The molecule has 1 aliphatic heterocycles. The number of fused-ring (bicyclic) bond motifs is 3. The third kappa shape index (κ3) is 4.07. The van der Waals surface area contributed by atoms with Crippen molar-refractivity contribution in [3.63, 3.8) is 0 Å². The molecule has 11 heteroatoms. The lowest BCUT2D eigenvalue weighted by Crippen LogP contribution is -2.42. The van der Waals surface area contributed by atoms with Crippen molar-refractivity contribution in [1.82, 2.24) is 24.4 Å². The minimum Gasteiger partial charge on any atom is -0.444 e. The lowest BCUT2D eigenvalue weighted by molar-refractivity contribution is 0.0189. The van der Waals surface area contributed by atoms with Crippen LogP contribution in [0.5, 0.6) is 0 Å². The molecule has 0 aliphatic carbocycles. The Morgan fingerprint density at radius 1 is 1.14 bits per heavy atom. The monoisotopic (exact) mass is 506 g/mol. The van der Waals surface area contributed by atoms with Crippen LogP contribution < -0.4 is 0 Å². The molecule has 0 saturated carbocycles. The molecule has 3 aromatic heterocycles. The van der Waals surface area contributed by atoms with E-state index in [1.165, 1.54) is 12.1 Å². The average molecular weight is 507 g/mol. The van der Waals surface area contributed by atoms with Gasteiger partial charge in [-0.15, -0.1) is 0 Å². The summed E-state index contributed by atoms with van der Waals surface area (Å²) >= 11 is 0. The number of aromatic amines is 1. The molecule has 1 fully saturated rings. The maximum absolute atomic E-state index is 13.6. The van der Waals surface area contributed by atoms with E-state index in [1.807, 2.05) is 25.3 Å². The zero-order valence-corrected chi connectivity index (χ0v) is 21.0. The average Bonchev–Trinajstić information content (AvgIpc) is 3.47. The molecule has 36 heavy (non-hydrogen) atoms. The van der Waals surface area contributed by atoms with E-state index in [2.05, 4.69) is 21.0 Å². The summed E-state index contributed by atoms with van der Waals surface area (Å²) in [4.78, 5) is 26.2. The number of benzene rings is 1. The molecule has 0 atom stereocenters. The van der Waals surface area contributed by atoms with Gasteiger partial charge in [0.2, 0.25) is 15.7 Å². The molecule has 1 aromatic carbocycles. The molecule has 4 aromatic rings. The van der Waals surface area contributed by atoms with Crippen molar-refractivity contribution in [1.29, 1.82) is 5.26 Å². The summed E-state index contributed by atoms with van der Waals surface area (Å²) in [6.45, 7) is 6.37. The highest BCUT2D eigenvalue weighted by atomic mass is 32.2. The molecule has 0 unspecified atom stereocenters. The third-order valence-electron chi connectivity index (χ3n) is 6.20. The van der Waals surface area contributed by atoms with Gasteiger partial charge in [-0.2, -0.15) is 5.26 Å². The number of likely N-dealkylation sites (tertiary alicyclic amines) is 1. The number of nitriles is 1. The van der Waals surface area contributed by atoms with Crippen molar-refractivity contribution >= 4 is 38.0 Å². The van der Waals surface area contributed by atoms with E-state index in [0.29, 0.717) is 42.5 Å². The second-order valence-corrected chi connectivity index (χ2v) is 11.7.